The third-order valence-corrected chi connectivity index (χ3v) is 5.03. The molecule has 2 aromatic heterocycles. The van der Waals surface area contributed by atoms with Gasteiger partial charge in [-0.15, -0.1) is 0 Å². The second kappa shape index (κ2) is 4.52. The number of carbonyl (C=O) groups is 1. The van der Waals surface area contributed by atoms with E-state index in [9.17, 15) is 4.79 Å². The summed E-state index contributed by atoms with van der Waals surface area (Å²) in [5.41, 5.74) is 2.12. The third-order valence-electron chi connectivity index (χ3n) is 5.03. The Bertz CT molecular complexity index is 740. The van der Waals surface area contributed by atoms with Gasteiger partial charge < -0.3 is 10.6 Å². The fourth-order valence-electron chi connectivity index (χ4n) is 3.77. The van der Waals surface area contributed by atoms with E-state index in [1.165, 1.54) is 0 Å². The van der Waals surface area contributed by atoms with E-state index in [2.05, 4.69) is 20.7 Å². The highest BCUT2D eigenvalue weighted by molar-refractivity contribution is 5.85. The molecule has 2 N–H and O–H groups in total. The number of fused-ring (bicyclic) bond motifs is 2. The number of rotatable bonds is 3. The number of amides is 1. The molecule has 1 saturated heterocycles. The van der Waals surface area contributed by atoms with Crippen molar-refractivity contribution in [2.45, 2.75) is 19.4 Å². The fourth-order valence-corrected chi connectivity index (χ4v) is 3.77. The number of carbonyl (C=O) groups excluding carboxylic acids is 1. The molecule has 1 aliphatic heterocycles. The summed E-state index contributed by atoms with van der Waals surface area (Å²) in [7, 11) is 1.91. The Morgan fingerprint density at radius 3 is 2.86 bits per heavy atom. The Balaban J connectivity index is 1.61. The maximum absolute atomic E-state index is 12.6. The SMILES string of the molecule is Cn1nc(C(C)(C)NC(=O)[C@H]2[C@@H]3CNC[C@@H]32)c2ncccc21. The maximum Gasteiger partial charge on any atom is 0.224 e. The molecule has 0 bridgehead atoms. The van der Waals surface area contributed by atoms with Crippen LogP contribution in [0, 0.1) is 17.8 Å². The summed E-state index contributed by atoms with van der Waals surface area (Å²) in [5, 5.41) is 11.1. The number of hydrogen-bond donors (Lipinski definition) is 2. The smallest absolute Gasteiger partial charge is 0.224 e. The Kier molecular flexibility index (Phi) is 2.81. The lowest BCUT2D eigenvalue weighted by Crippen LogP contribution is -2.43. The van der Waals surface area contributed by atoms with Gasteiger partial charge in [0.2, 0.25) is 5.91 Å². The van der Waals surface area contributed by atoms with Crippen LogP contribution in [0.3, 0.4) is 0 Å². The van der Waals surface area contributed by atoms with Crippen LogP contribution in [0.1, 0.15) is 19.5 Å². The number of pyridine rings is 1. The average Bonchev–Trinajstić information content (AvgIpc) is 2.82. The van der Waals surface area contributed by atoms with Gasteiger partial charge in [-0.1, -0.05) is 0 Å². The van der Waals surface area contributed by atoms with Gasteiger partial charge >= 0.3 is 0 Å². The minimum absolute atomic E-state index is 0.149. The molecule has 0 aromatic carbocycles. The standard InChI is InChI=1S/C16H21N5O/c1-16(2,19-15(22)12-9-7-17-8-10(9)12)14-13-11(21(3)20-14)5-4-6-18-13/h4-6,9-10,12,17H,7-8H2,1-3H3,(H,19,22)/t9-,10+,12+. The molecule has 3 atom stereocenters. The van der Waals surface area contributed by atoms with E-state index < -0.39 is 5.54 Å². The average molecular weight is 299 g/mol. The molecule has 2 fully saturated rings. The van der Waals surface area contributed by atoms with Gasteiger partial charge in [-0.05, 0) is 50.9 Å². The highest BCUT2D eigenvalue weighted by Crippen LogP contribution is 2.49. The van der Waals surface area contributed by atoms with Crippen molar-refractivity contribution >= 4 is 16.9 Å². The summed E-state index contributed by atoms with van der Waals surface area (Å²) >= 11 is 0. The van der Waals surface area contributed by atoms with Crippen molar-refractivity contribution in [2.24, 2.45) is 24.8 Å². The summed E-state index contributed by atoms with van der Waals surface area (Å²) in [6.45, 7) is 5.93. The van der Waals surface area contributed by atoms with Crippen molar-refractivity contribution in [3.8, 4) is 0 Å². The van der Waals surface area contributed by atoms with Crippen LogP contribution in [-0.2, 0) is 17.4 Å². The predicted molar refractivity (Wildman–Crippen MR) is 83.0 cm³/mol. The molecule has 0 radical (unpaired) electrons. The van der Waals surface area contributed by atoms with E-state index in [0.29, 0.717) is 11.8 Å². The van der Waals surface area contributed by atoms with Gasteiger partial charge in [0.15, 0.2) is 0 Å². The van der Waals surface area contributed by atoms with Crippen molar-refractivity contribution in [3.63, 3.8) is 0 Å². The van der Waals surface area contributed by atoms with Gasteiger partial charge in [0.1, 0.15) is 11.2 Å². The molecule has 4 rings (SSSR count). The maximum atomic E-state index is 12.6. The molecule has 1 saturated carbocycles. The van der Waals surface area contributed by atoms with E-state index in [4.69, 9.17) is 0 Å². The van der Waals surface area contributed by atoms with Crippen molar-refractivity contribution in [3.05, 3.63) is 24.0 Å². The number of hydrogen-bond acceptors (Lipinski definition) is 4. The Morgan fingerprint density at radius 1 is 1.41 bits per heavy atom. The van der Waals surface area contributed by atoms with E-state index >= 15 is 0 Å². The number of nitrogens with one attached hydrogen (secondary N) is 2. The number of aromatic nitrogens is 3. The molecule has 2 aliphatic rings. The van der Waals surface area contributed by atoms with E-state index in [1.807, 2.05) is 37.7 Å². The number of piperidine rings is 1. The minimum atomic E-state index is -0.532. The molecule has 116 valence electrons. The molecular weight excluding hydrogens is 278 g/mol. The molecular formula is C16H21N5O. The molecule has 3 heterocycles. The lowest BCUT2D eigenvalue weighted by Gasteiger charge is -2.25. The van der Waals surface area contributed by atoms with Crippen LogP contribution in [-0.4, -0.2) is 33.8 Å². The van der Waals surface area contributed by atoms with Gasteiger partial charge in [0, 0.05) is 19.2 Å². The topological polar surface area (TPSA) is 71.8 Å². The number of aryl methyl sites for hydroxylation is 1. The van der Waals surface area contributed by atoms with E-state index in [0.717, 1.165) is 29.8 Å². The van der Waals surface area contributed by atoms with Crippen molar-refractivity contribution in [1.29, 1.82) is 0 Å². The van der Waals surface area contributed by atoms with Crippen LogP contribution in [0.25, 0.3) is 11.0 Å². The normalized spacial score (nSPS) is 27.0. The van der Waals surface area contributed by atoms with Gasteiger partial charge in [-0.3, -0.25) is 14.5 Å². The molecule has 0 unspecified atom stereocenters. The second-order valence-electron chi connectivity index (χ2n) is 6.97. The van der Waals surface area contributed by atoms with Crippen molar-refractivity contribution in [1.82, 2.24) is 25.4 Å². The Hall–Kier alpha value is -1.95. The summed E-state index contributed by atoms with van der Waals surface area (Å²) in [5.74, 6) is 1.36. The molecule has 6 nitrogen and oxygen atoms in total. The van der Waals surface area contributed by atoms with Crippen LogP contribution in [0.15, 0.2) is 18.3 Å². The Labute approximate surface area is 129 Å². The molecule has 2 aromatic rings. The highest BCUT2D eigenvalue weighted by atomic mass is 16.2. The first kappa shape index (κ1) is 13.7. The molecule has 0 spiro atoms. The summed E-state index contributed by atoms with van der Waals surface area (Å²) < 4.78 is 1.82. The molecule has 6 heteroatoms. The summed E-state index contributed by atoms with van der Waals surface area (Å²) in [4.78, 5) is 17.0. The fraction of sp³-hybridized carbons (Fsp3) is 0.562. The lowest BCUT2D eigenvalue weighted by molar-refractivity contribution is -0.124. The predicted octanol–water partition coefficient (Wildman–Crippen LogP) is 0.785. The van der Waals surface area contributed by atoms with E-state index in [-0.39, 0.29) is 11.8 Å². The van der Waals surface area contributed by atoms with Gasteiger partial charge in [0.25, 0.3) is 0 Å². The zero-order valence-corrected chi connectivity index (χ0v) is 13.1. The first-order chi connectivity index (χ1) is 10.5. The zero-order valence-electron chi connectivity index (χ0n) is 13.1. The molecule has 22 heavy (non-hydrogen) atoms. The van der Waals surface area contributed by atoms with Crippen LogP contribution in [0.5, 0.6) is 0 Å². The van der Waals surface area contributed by atoms with Crippen LogP contribution in [0.2, 0.25) is 0 Å². The van der Waals surface area contributed by atoms with Crippen LogP contribution < -0.4 is 10.6 Å². The molecule has 1 aliphatic carbocycles. The second-order valence-corrected chi connectivity index (χ2v) is 6.97. The third kappa shape index (κ3) is 1.94. The number of nitrogens with zero attached hydrogens (tertiary/aromatic N) is 3. The van der Waals surface area contributed by atoms with Gasteiger partial charge in [-0.2, -0.15) is 5.10 Å². The minimum Gasteiger partial charge on any atom is -0.345 e. The Morgan fingerprint density at radius 2 is 2.14 bits per heavy atom. The monoisotopic (exact) mass is 299 g/mol. The van der Waals surface area contributed by atoms with Crippen molar-refractivity contribution in [2.75, 3.05) is 13.1 Å². The van der Waals surface area contributed by atoms with Crippen LogP contribution >= 0.6 is 0 Å². The highest BCUT2D eigenvalue weighted by Gasteiger charge is 2.57. The van der Waals surface area contributed by atoms with Gasteiger partial charge in [-0.25, -0.2) is 0 Å². The van der Waals surface area contributed by atoms with E-state index in [1.54, 1.807) is 6.20 Å². The summed E-state index contributed by atoms with van der Waals surface area (Å²) in [6.07, 6.45) is 1.77. The lowest BCUT2D eigenvalue weighted by atomic mass is 9.98. The zero-order chi connectivity index (χ0) is 15.5. The van der Waals surface area contributed by atoms with Crippen molar-refractivity contribution < 1.29 is 4.79 Å². The first-order valence-electron chi connectivity index (χ1n) is 7.80. The first-order valence-corrected chi connectivity index (χ1v) is 7.80. The molecule has 1 amide bonds. The van der Waals surface area contributed by atoms with Crippen LogP contribution in [0.4, 0.5) is 0 Å². The quantitative estimate of drug-likeness (QED) is 0.879. The van der Waals surface area contributed by atoms with Gasteiger partial charge in [0.05, 0.1) is 11.1 Å². The summed E-state index contributed by atoms with van der Waals surface area (Å²) in [6, 6.07) is 3.89. The largest absolute Gasteiger partial charge is 0.345 e.